The molecule has 2 heterocycles. The fourth-order valence-corrected chi connectivity index (χ4v) is 4.27. The van der Waals surface area contributed by atoms with Gasteiger partial charge in [0.05, 0.1) is 12.3 Å². The van der Waals surface area contributed by atoms with Gasteiger partial charge in [0.2, 0.25) is 0 Å². The molecule has 0 N–H and O–H groups in total. The molecule has 7 heteroatoms. The molecule has 184 valence electrons. The summed E-state index contributed by atoms with van der Waals surface area (Å²) in [5.74, 6) is 2.28. The van der Waals surface area contributed by atoms with E-state index in [2.05, 4.69) is 52.4 Å². The van der Waals surface area contributed by atoms with E-state index in [4.69, 9.17) is 9.47 Å². The van der Waals surface area contributed by atoms with Gasteiger partial charge in [-0.1, -0.05) is 43.3 Å². The maximum Gasteiger partial charge on any atom is 0.260 e. The second-order valence-electron chi connectivity index (χ2n) is 8.82. The molecule has 1 saturated heterocycles. The number of rotatable bonds is 8. The number of carbonyl (C=O) groups excluding carboxylic acids is 1. The average Bonchev–Trinajstić information content (AvgIpc) is 2.95. The number of anilines is 1. The van der Waals surface area contributed by atoms with Crippen molar-refractivity contribution in [2.24, 2.45) is 0 Å². The van der Waals surface area contributed by atoms with Gasteiger partial charge in [-0.05, 0) is 59.7 Å². The molecule has 1 aromatic heterocycles. The number of amides is 1. The lowest BCUT2D eigenvalue weighted by atomic mass is 10.1. The van der Waals surface area contributed by atoms with Gasteiger partial charge in [-0.15, -0.1) is 10.2 Å². The number of aromatic nitrogens is 2. The Balaban J connectivity index is 1.12. The zero-order valence-electron chi connectivity index (χ0n) is 20.5. The Bertz CT molecular complexity index is 1300. The van der Waals surface area contributed by atoms with E-state index in [1.54, 1.807) is 0 Å². The van der Waals surface area contributed by atoms with E-state index in [-0.39, 0.29) is 12.5 Å². The number of carbonyl (C=O) groups is 1. The lowest BCUT2D eigenvalue weighted by Crippen LogP contribution is -2.50. The van der Waals surface area contributed by atoms with Crippen LogP contribution in [0.4, 0.5) is 5.82 Å². The quantitative estimate of drug-likeness (QED) is 0.359. The highest BCUT2D eigenvalue weighted by molar-refractivity contribution is 5.86. The van der Waals surface area contributed by atoms with E-state index in [1.807, 2.05) is 53.4 Å². The molecule has 0 unspecified atom stereocenters. The van der Waals surface area contributed by atoms with E-state index in [1.165, 1.54) is 10.8 Å². The van der Waals surface area contributed by atoms with Crippen LogP contribution < -0.4 is 14.4 Å². The first-order valence-electron chi connectivity index (χ1n) is 12.4. The van der Waals surface area contributed by atoms with Gasteiger partial charge >= 0.3 is 0 Å². The summed E-state index contributed by atoms with van der Waals surface area (Å²) in [6.45, 7) is 5.44. The Kier molecular flexibility index (Phi) is 7.26. The van der Waals surface area contributed by atoms with Crippen LogP contribution in [0.3, 0.4) is 0 Å². The van der Waals surface area contributed by atoms with Crippen LogP contribution >= 0.6 is 0 Å². The summed E-state index contributed by atoms with van der Waals surface area (Å²) in [5, 5.41) is 11.3. The molecule has 0 atom stereocenters. The molecule has 0 spiro atoms. The third-order valence-corrected chi connectivity index (χ3v) is 6.31. The zero-order valence-corrected chi connectivity index (χ0v) is 20.5. The summed E-state index contributed by atoms with van der Waals surface area (Å²) < 4.78 is 11.3. The fourth-order valence-electron chi connectivity index (χ4n) is 4.27. The molecule has 0 bridgehead atoms. The largest absolute Gasteiger partial charge is 0.494 e. The molecule has 5 rings (SSSR count). The topological polar surface area (TPSA) is 67.8 Å². The number of nitrogens with zero attached hydrogens (tertiary/aromatic N) is 4. The number of piperazine rings is 1. The summed E-state index contributed by atoms with van der Waals surface area (Å²) in [5.41, 5.74) is 1.90. The van der Waals surface area contributed by atoms with Crippen molar-refractivity contribution >= 4 is 22.5 Å². The SMILES string of the molecule is CCCOc1ccc(OCC(=O)N2CCN(c3ccc(-c4ccc5ccccc5c4)nn3)CC2)cc1. The van der Waals surface area contributed by atoms with Crippen LogP contribution in [0.1, 0.15) is 13.3 Å². The van der Waals surface area contributed by atoms with Gasteiger partial charge in [-0.3, -0.25) is 4.79 Å². The summed E-state index contributed by atoms with van der Waals surface area (Å²) in [6, 6.07) is 26.0. The maximum atomic E-state index is 12.6. The number of hydrogen-bond donors (Lipinski definition) is 0. The van der Waals surface area contributed by atoms with Crippen molar-refractivity contribution in [1.29, 1.82) is 0 Å². The van der Waals surface area contributed by atoms with Gasteiger partial charge < -0.3 is 19.3 Å². The van der Waals surface area contributed by atoms with E-state index in [0.29, 0.717) is 38.5 Å². The van der Waals surface area contributed by atoms with Crippen molar-refractivity contribution in [3.05, 3.63) is 78.9 Å². The molecular formula is C29H30N4O3. The second kappa shape index (κ2) is 11.1. The van der Waals surface area contributed by atoms with E-state index >= 15 is 0 Å². The van der Waals surface area contributed by atoms with Gasteiger partial charge in [0.1, 0.15) is 11.5 Å². The maximum absolute atomic E-state index is 12.6. The first-order valence-corrected chi connectivity index (χ1v) is 12.4. The second-order valence-corrected chi connectivity index (χ2v) is 8.82. The Labute approximate surface area is 211 Å². The smallest absolute Gasteiger partial charge is 0.260 e. The molecule has 36 heavy (non-hydrogen) atoms. The molecule has 4 aromatic rings. The van der Waals surface area contributed by atoms with Crippen LogP contribution in [-0.4, -0.2) is 60.4 Å². The van der Waals surface area contributed by atoms with Gasteiger partial charge in [-0.2, -0.15) is 0 Å². The normalized spacial score (nSPS) is 13.6. The molecule has 1 aliphatic rings. The number of ether oxygens (including phenoxy) is 2. The van der Waals surface area contributed by atoms with Gasteiger partial charge in [0.15, 0.2) is 12.4 Å². The van der Waals surface area contributed by atoms with Gasteiger partial charge in [0, 0.05) is 31.7 Å². The molecular weight excluding hydrogens is 452 g/mol. The van der Waals surface area contributed by atoms with Crippen LogP contribution in [0.2, 0.25) is 0 Å². The Hall–Kier alpha value is -4.13. The summed E-state index contributed by atoms with van der Waals surface area (Å²) in [6.07, 6.45) is 0.962. The van der Waals surface area contributed by atoms with Crippen molar-refractivity contribution < 1.29 is 14.3 Å². The van der Waals surface area contributed by atoms with Crippen LogP contribution in [0.25, 0.3) is 22.0 Å². The molecule has 3 aromatic carbocycles. The third-order valence-electron chi connectivity index (χ3n) is 6.31. The van der Waals surface area contributed by atoms with E-state index in [0.717, 1.165) is 29.2 Å². The Morgan fingerprint density at radius 3 is 2.22 bits per heavy atom. The summed E-state index contributed by atoms with van der Waals surface area (Å²) >= 11 is 0. The minimum Gasteiger partial charge on any atom is -0.494 e. The van der Waals surface area contributed by atoms with Crippen LogP contribution in [0.15, 0.2) is 78.9 Å². The number of benzene rings is 3. The summed E-state index contributed by atoms with van der Waals surface area (Å²) in [7, 11) is 0. The first-order chi connectivity index (χ1) is 17.7. The average molecular weight is 483 g/mol. The lowest BCUT2D eigenvalue weighted by molar-refractivity contribution is -0.133. The monoisotopic (exact) mass is 482 g/mol. The third kappa shape index (κ3) is 5.57. The predicted molar refractivity (Wildman–Crippen MR) is 141 cm³/mol. The Morgan fingerprint density at radius 1 is 0.806 bits per heavy atom. The summed E-state index contributed by atoms with van der Waals surface area (Å²) in [4.78, 5) is 16.7. The molecule has 0 saturated carbocycles. The number of fused-ring (bicyclic) bond motifs is 1. The molecule has 1 aliphatic heterocycles. The molecule has 1 amide bonds. The van der Waals surface area contributed by atoms with Crippen LogP contribution in [0.5, 0.6) is 11.5 Å². The molecule has 0 aliphatic carbocycles. The molecule has 0 radical (unpaired) electrons. The van der Waals surface area contributed by atoms with Crippen molar-refractivity contribution in [2.45, 2.75) is 13.3 Å². The van der Waals surface area contributed by atoms with Gasteiger partial charge in [-0.25, -0.2) is 0 Å². The van der Waals surface area contributed by atoms with Gasteiger partial charge in [0.25, 0.3) is 5.91 Å². The van der Waals surface area contributed by atoms with Crippen molar-refractivity contribution in [2.75, 3.05) is 44.3 Å². The first kappa shape index (κ1) is 23.6. The molecule has 1 fully saturated rings. The predicted octanol–water partition coefficient (Wildman–Crippen LogP) is 4.81. The zero-order chi connectivity index (χ0) is 24.7. The van der Waals surface area contributed by atoms with E-state index in [9.17, 15) is 4.79 Å². The van der Waals surface area contributed by atoms with Crippen molar-refractivity contribution in [3.8, 4) is 22.8 Å². The number of hydrogen-bond acceptors (Lipinski definition) is 6. The highest BCUT2D eigenvalue weighted by Crippen LogP contribution is 2.24. The highest BCUT2D eigenvalue weighted by Gasteiger charge is 2.22. The lowest BCUT2D eigenvalue weighted by Gasteiger charge is -2.35. The Morgan fingerprint density at radius 2 is 1.53 bits per heavy atom. The van der Waals surface area contributed by atoms with Crippen LogP contribution in [0, 0.1) is 0 Å². The van der Waals surface area contributed by atoms with Crippen molar-refractivity contribution in [1.82, 2.24) is 15.1 Å². The van der Waals surface area contributed by atoms with E-state index < -0.39 is 0 Å². The standard InChI is InChI=1S/C29H30N4O3/c1-2-19-35-25-9-11-26(12-10-25)36-21-29(34)33-17-15-32(16-18-33)28-14-13-27(30-31-28)24-8-7-22-5-3-4-6-23(22)20-24/h3-14,20H,2,15-19,21H2,1H3. The van der Waals surface area contributed by atoms with Crippen molar-refractivity contribution in [3.63, 3.8) is 0 Å². The minimum atomic E-state index is -0.0151. The minimum absolute atomic E-state index is 0.0151. The molecule has 7 nitrogen and oxygen atoms in total. The van der Waals surface area contributed by atoms with Crippen LogP contribution in [-0.2, 0) is 4.79 Å². The fraction of sp³-hybridized carbons (Fsp3) is 0.276. The highest BCUT2D eigenvalue weighted by atomic mass is 16.5.